The molecule has 8 aliphatic rings. The molecule has 3 unspecified atom stereocenters. The van der Waals surface area contributed by atoms with Crippen LogP contribution in [0.3, 0.4) is 0 Å². The van der Waals surface area contributed by atoms with Gasteiger partial charge < -0.3 is 64.3 Å². The van der Waals surface area contributed by atoms with Crippen LogP contribution in [0.25, 0.3) is 0 Å². The number of hydrogen-bond acceptors (Lipinski definition) is 15. The Kier molecular flexibility index (Phi) is 9.26. The van der Waals surface area contributed by atoms with Crippen molar-refractivity contribution < 1.29 is 67.6 Å². The Hall–Kier alpha value is -3.39. The van der Waals surface area contributed by atoms with Gasteiger partial charge in [0.1, 0.15) is 67.4 Å². The molecule has 6 N–H and O–H groups in total. The van der Waals surface area contributed by atoms with E-state index in [2.05, 4.69) is 26.1 Å². The first kappa shape index (κ1) is 38.1. The lowest BCUT2D eigenvalue weighted by Gasteiger charge is -2.54. The first-order valence-corrected chi connectivity index (χ1v) is 19.7. The molecule has 3 aliphatic carbocycles. The third kappa shape index (κ3) is 5.56. The second-order valence-electron chi connectivity index (χ2n) is 16.9. The molecule has 6 fully saturated rings. The lowest BCUT2D eigenvalue weighted by molar-refractivity contribution is -0.241. The molecule has 5 aliphatic heterocycles. The fourth-order valence-corrected chi connectivity index (χ4v) is 10.7. The van der Waals surface area contributed by atoms with E-state index in [1.165, 1.54) is 11.0 Å². The number of aliphatic hydroxyl groups excluding tert-OH is 3. The van der Waals surface area contributed by atoms with Gasteiger partial charge in [0.2, 0.25) is 12.2 Å². The van der Waals surface area contributed by atoms with Crippen molar-refractivity contribution in [3.63, 3.8) is 0 Å². The van der Waals surface area contributed by atoms with E-state index in [4.69, 9.17) is 43.6 Å². The molecule has 17 heteroatoms. The molecule has 56 heavy (non-hydrogen) atoms. The number of amides is 2. The Labute approximate surface area is 323 Å². The molecular weight excluding hydrogens is 734 g/mol. The van der Waals surface area contributed by atoms with Crippen molar-refractivity contribution in [3.05, 3.63) is 34.9 Å². The van der Waals surface area contributed by atoms with Crippen LogP contribution in [0.1, 0.15) is 52.5 Å². The third-order valence-corrected chi connectivity index (χ3v) is 13.7. The van der Waals surface area contributed by atoms with Crippen molar-refractivity contribution >= 4 is 23.7 Å². The Morgan fingerprint density at radius 2 is 1.93 bits per heavy atom. The lowest BCUT2D eigenvalue weighted by atomic mass is 9.47. The first-order chi connectivity index (χ1) is 26.8. The first-order valence-electron chi connectivity index (χ1n) is 19.7. The summed E-state index contributed by atoms with van der Waals surface area (Å²) in [5, 5.41) is 33.0. The van der Waals surface area contributed by atoms with Crippen molar-refractivity contribution in [1.82, 2.24) is 4.90 Å². The van der Waals surface area contributed by atoms with Crippen LogP contribution in [0, 0.1) is 23.2 Å². The fraction of sp³-hybridized carbons (Fsp3) is 0.718. The summed E-state index contributed by atoms with van der Waals surface area (Å²) in [5.41, 5.74) is 6.67. The second-order valence-corrected chi connectivity index (χ2v) is 16.9. The molecule has 306 valence electrons. The number of esters is 1. The number of hydrogen-bond donors (Lipinski definition) is 5. The van der Waals surface area contributed by atoms with E-state index in [-0.39, 0.29) is 97.9 Å². The number of rotatable bonds is 12. The predicted molar refractivity (Wildman–Crippen MR) is 190 cm³/mol. The van der Waals surface area contributed by atoms with Crippen molar-refractivity contribution in [2.45, 2.75) is 120 Å². The molecule has 1 aromatic carbocycles. The quantitative estimate of drug-likeness (QED) is 0.111. The number of carbonyl (C=O) groups is 3. The van der Waals surface area contributed by atoms with Crippen LogP contribution in [0.4, 0.5) is 10.5 Å². The smallest absolute Gasteiger partial charge is 0.411 e. The van der Waals surface area contributed by atoms with Gasteiger partial charge in [-0.2, -0.15) is 0 Å². The van der Waals surface area contributed by atoms with Crippen LogP contribution < -0.4 is 15.8 Å². The third-order valence-electron chi connectivity index (χ3n) is 13.7. The minimum absolute atomic E-state index is 0.0150. The van der Waals surface area contributed by atoms with E-state index in [9.17, 15) is 29.7 Å². The minimum Gasteiger partial charge on any atom is -0.460 e. The number of anilines is 1. The highest BCUT2D eigenvalue weighted by atomic mass is 16.7. The average molecular weight is 786 g/mol. The minimum atomic E-state index is -1.55. The van der Waals surface area contributed by atoms with Gasteiger partial charge in [0.15, 0.2) is 0 Å². The number of ether oxygens (including phenoxy) is 8. The number of epoxide rings is 3. The van der Waals surface area contributed by atoms with E-state index in [1.54, 1.807) is 12.1 Å². The predicted octanol–water partition coefficient (Wildman–Crippen LogP) is 0.705. The maximum Gasteiger partial charge on any atom is 0.411 e. The summed E-state index contributed by atoms with van der Waals surface area (Å²) < 4.78 is 49.2. The fourth-order valence-electron chi connectivity index (χ4n) is 10.7. The molecule has 9 rings (SSSR count). The molecule has 2 saturated carbocycles. The van der Waals surface area contributed by atoms with Crippen LogP contribution in [-0.4, -0.2) is 138 Å². The summed E-state index contributed by atoms with van der Waals surface area (Å²) in [6, 6.07) is 4.71. The van der Waals surface area contributed by atoms with Crippen LogP contribution in [0.15, 0.2) is 29.3 Å². The van der Waals surface area contributed by atoms with Crippen molar-refractivity contribution in [3.8, 4) is 5.75 Å². The highest BCUT2D eigenvalue weighted by Crippen LogP contribution is 2.79. The van der Waals surface area contributed by atoms with Crippen LogP contribution >= 0.6 is 0 Å². The Balaban J connectivity index is 0.897. The van der Waals surface area contributed by atoms with Gasteiger partial charge in [0.25, 0.3) is 0 Å². The normalized spacial score (nSPS) is 42.2. The molecule has 0 bridgehead atoms. The SMILES string of the molecule is CCN(COC1C2[C@H]3O[C@H]3[C@H]3C4=C(CC[C@]3(C)[C@@]23O[C@H]3[C@@H]2O[C@]12C(C)C)C(=O)OC4)C(=O)OCc1ccc(O[C@@H]2OC[C@@H](O)[C@H](O)C2O)c(NC(=O)CCN)c1. The van der Waals surface area contributed by atoms with Gasteiger partial charge in [-0.3, -0.25) is 9.69 Å². The van der Waals surface area contributed by atoms with Crippen molar-refractivity contribution in [2.24, 2.45) is 28.9 Å². The van der Waals surface area contributed by atoms with Gasteiger partial charge in [0.05, 0.1) is 30.6 Å². The van der Waals surface area contributed by atoms with Crippen LogP contribution in [0.5, 0.6) is 5.75 Å². The Bertz CT molecular complexity index is 1830. The van der Waals surface area contributed by atoms with E-state index < -0.39 is 53.9 Å². The topological polar surface area (TPSA) is 237 Å². The monoisotopic (exact) mass is 785 g/mol. The standard InChI is InChI=1S/C39H51N3O14/c1-5-42(36(48)51-13-18-6-7-23(21(12-18)41-24(44)9-11-40)53-35-28(46)27(45)22(43)15-50-35)16-52-31-26-30-29(54-30)25-20-14-49-34(47)19(20)8-10-37(25,4)39(26)33(56-39)32-38(31,55-32)17(2)3/h6-7,12,17,22,25-33,35,43,45-46H,5,8-11,13-16,40H2,1-4H3,(H,41,44)/t22-,25-,26?,27+,28?,29+,30-,31?,32+,33+,35+,37+,38-,39-/m1/s1. The number of carbonyl (C=O) groups excluding carboxylic acids is 3. The van der Waals surface area contributed by atoms with E-state index in [0.29, 0.717) is 25.1 Å². The number of nitrogens with one attached hydrogen (secondary N) is 1. The maximum absolute atomic E-state index is 13.6. The van der Waals surface area contributed by atoms with Gasteiger partial charge in [-0.1, -0.05) is 26.8 Å². The number of nitrogens with two attached hydrogens (primary N) is 1. The lowest BCUT2D eigenvalue weighted by Crippen LogP contribution is -2.66. The molecular formula is C39H51N3O14. The molecule has 1 aromatic rings. The number of cyclic esters (lactones) is 1. The van der Waals surface area contributed by atoms with Crippen LogP contribution in [0.2, 0.25) is 0 Å². The van der Waals surface area contributed by atoms with Crippen molar-refractivity contribution in [1.29, 1.82) is 0 Å². The van der Waals surface area contributed by atoms with E-state index in [0.717, 1.165) is 17.6 Å². The molecule has 17 nitrogen and oxygen atoms in total. The van der Waals surface area contributed by atoms with Crippen LogP contribution in [-0.2, 0) is 49.4 Å². The number of nitrogens with zero attached hydrogens (tertiary/aromatic N) is 1. The Morgan fingerprint density at radius 1 is 1.12 bits per heavy atom. The summed E-state index contributed by atoms with van der Waals surface area (Å²) in [5.74, 6) is -0.523. The van der Waals surface area contributed by atoms with Gasteiger partial charge >= 0.3 is 12.1 Å². The molecule has 2 amide bonds. The molecule has 5 heterocycles. The van der Waals surface area contributed by atoms with Gasteiger partial charge in [0, 0.05) is 42.3 Å². The van der Waals surface area contributed by atoms with E-state index >= 15 is 0 Å². The highest BCUT2D eigenvalue weighted by molar-refractivity contribution is 5.93. The zero-order valence-electron chi connectivity index (χ0n) is 31.9. The van der Waals surface area contributed by atoms with Crippen molar-refractivity contribution in [2.75, 3.05) is 38.4 Å². The largest absolute Gasteiger partial charge is 0.460 e. The summed E-state index contributed by atoms with van der Waals surface area (Å²) in [6.45, 7) is 8.56. The molecule has 4 saturated heterocycles. The zero-order valence-corrected chi connectivity index (χ0v) is 31.9. The zero-order chi connectivity index (χ0) is 39.5. The second kappa shape index (κ2) is 13.6. The molecule has 0 aromatic heterocycles. The molecule has 1 spiro atoms. The number of fused-ring (bicyclic) bond motifs is 7. The molecule has 14 atom stereocenters. The van der Waals surface area contributed by atoms with E-state index in [1.807, 2.05) is 6.92 Å². The number of benzene rings is 1. The number of aliphatic hydroxyl groups is 3. The maximum atomic E-state index is 13.6. The summed E-state index contributed by atoms with van der Waals surface area (Å²) >= 11 is 0. The molecule has 0 radical (unpaired) electrons. The average Bonchev–Trinajstić information content (AvgIpc) is 4.09. The summed E-state index contributed by atoms with van der Waals surface area (Å²) in [7, 11) is 0. The summed E-state index contributed by atoms with van der Waals surface area (Å²) in [6.07, 6.45) is -5.76. The van der Waals surface area contributed by atoms with Gasteiger partial charge in [-0.05, 0) is 49.0 Å². The summed E-state index contributed by atoms with van der Waals surface area (Å²) in [4.78, 5) is 40.2. The Morgan fingerprint density at radius 3 is 2.68 bits per heavy atom. The van der Waals surface area contributed by atoms with Gasteiger partial charge in [-0.15, -0.1) is 0 Å². The highest BCUT2D eigenvalue weighted by Gasteiger charge is 2.93. The van der Waals surface area contributed by atoms with Gasteiger partial charge in [-0.25, -0.2) is 9.59 Å².